The van der Waals surface area contributed by atoms with Gasteiger partial charge in [-0.2, -0.15) is 0 Å². The number of carbonyl (C=O) groups excluding carboxylic acids is 3. The molecule has 2 aromatic rings. The lowest BCUT2D eigenvalue weighted by Crippen LogP contribution is -2.32. The summed E-state index contributed by atoms with van der Waals surface area (Å²) in [5.41, 5.74) is 1.58. The van der Waals surface area contributed by atoms with Crippen molar-refractivity contribution in [1.29, 1.82) is 0 Å². The van der Waals surface area contributed by atoms with Gasteiger partial charge >= 0.3 is 6.09 Å². The summed E-state index contributed by atoms with van der Waals surface area (Å²) >= 11 is 1.24. The molecule has 0 atom stereocenters. The highest BCUT2D eigenvalue weighted by atomic mass is 32.2. The topological polar surface area (TPSA) is 119 Å². The van der Waals surface area contributed by atoms with Crippen LogP contribution in [0.5, 0.6) is 0 Å². The molecule has 8 nitrogen and oxygen atoms in total. The van der Waals surface area contributed by atoms with Gasteiger partial charge in [0.1, 0.15) is 10.8 Å². The molecule has 0 unspecified atom stereocenters. The van der Waals surface area contributed by atoms with Crippen LogP contribution < -0.4 is 10.6 Å². The molecule has 2 N–H and O–H groups in total. The van der Waals surface area contributed by atoms with Crippen LogP contribution >= 0.6 is 11.3 Å². The SMILES string of the molecule is CCOC(=O)NC(=O)c1c(NC(=O)CS(=O)(=O)Cc2ccccc2)sc2c1CCC2. The molecule has 0 aliphatic heterocycles. The number of hydrogen-bond acceptors (Lipinski definition) is 7. The lowest BCUT2D eigenvalue weighted by molar-refractivity contribution is -0.113. The molecular formula is C20H22N2O6S2. The van der Waals surface area contributed by atoms with E-state index < -0.39 is 33.5 Å². The molecule has 0 radical (unpaired) electrons. The number of hydrogen-bond donors (Lipinski definition) is 2. The first-order valence-electron chi connectivity index (χ1n) is 9.46. The number of sulfone groups is 1. The fraction of sp³-hybridized carbons (Fsp3) is 0.350. The minimum Gasteiger partial charge on any atom is -0.450 e. The van der Waals surface area contributed by atoms with Gasteiger partial charge in [-0.25, -0.2) is 13.2 Å². The second kappa shape index (κ2) is 9.40. The highest BCUT2D eigenvalue weighted by molar-refractivity contribution is 7.91. The van der Waals surface area contributed by atoms with Crippen LogP contribution in [0.4, 0.5) is 9.80 Å². The van der Waals surface area contributed by atoms with E-state index in [1.807, 2.05) is 0 Å². The molecule has 0 fully saturated rings. The number of thiophene rings is 1. The number of aryl methyl sites for hydroxylation is 1. The largest absolute Gasteiger partial charge is 0.450 e. The molecule has 0 spiro atoms. The third kappa shape index (κ3) is 5.45. The average Bonchev–Trinajstić information content (AvgIpc) is 3.22. The van der Waals surface area contributed by atoms with Gasteiger partial charge in [0.2, 0.25) is 5.91 Å². The normalized spacial score (nSPS) is 12.8. The molecule has 3 amide bonds. The van der Waals surface area contributed by atoms with Gasteiger partial charge in [-0.1, -0.05) is 30.3 Å². The van der Waals surface area contributed by atoms with Crippen LogP contribution in [0.25, 0.3) is 0 Å². The molecule has 10 heteroatoms. The molecule has 1 aromatic carbocycles. The van der Waals surface area contributed by atoms with Crippen LogP contribution in [-0.2, 0) is 38.0 Å². The summed E-state index contributed by atoms with van der Waals surface area (Å²) in [4.78, 5) is 37.6. The van der Waals surface area contributed by atoms with E-state index in [1.165, 1.54) is 11.3 Å². The molecule has 0 saturated heterocycles. The molecule has 0 saturated carbocycles. The van der Waals surface area contributed by atoms with Crippen molar-refractivity contribution in [2.45, 2.75) is 31.9 Å². The molecule has 1 aromatic heterocycles. The van der Waals surface area contributed by atoms with E-state index in [-0.39, 0.29) is 22.9 Å². The number of anilines is 1. The fourth-order valence-corrected chi connectivity index (χ4v) is 5.87. The van der Waals surface area contributed by atoms with Gasteiger partial charge in [0, 0.05) is 4.88 Å². The summed E-state index contributed by atoms with van der Waals surface area (Å²) in [5, 5.41) is 4.95. The Morgan fingerprint density at radius 1 is 1.13 bits per heavy atom. The van der Waals surface area contributed by atoms with E-state index in [9.17, 15) is 22.8 Å². The van der Waals surface area contributed by atoms with Crippen molar-refractivity contribution < 1.29 is 27.5 Å². The lowest BCUT2D eigenvalue weighted by atomic mass is 10.1. The minimum absolute atomic E-state index is 0.115. The fourth-order valence-electron chi connectivity index (χ4n) is 3.30. The number of ether oxygens (including phenoxy) is 1. The smallest absolute Gasteiger partial charge is 0.414 e. The van der Waals surface area contributed by atoms with Crippen LogP contribution in [0.15, 0.2) is 30.3 Å². The van der Waals surface area contributed by atoms with Crippen molar-refractivity contribution in [3.63, 3.8) is 0 Å². The number of nitrogens with one attached hydrogen (secondary N) is 2. The lowest BCUT2D eigenvalue weighted by Gasteiger charge is -2.09. The van der Waals surface area contributed by atoms with Gasteiger partial charge in [0.25, 0.3) is 5.91 Å². The number of benzene rings is 1. The van der Waals surface area contributed by atoms with E-state index in [0.717, 1.165) is 23.3 Å². The van der Waals surface area contributed by atoms with Crippen molar-refractivity contribution in [3.8, 4) is 0 Å². The zero-order valence-corrected chi connectivity index (χ0v) is 18.0. The number of imide groups is 1. The Balaban J connectivity index is 1.74. The third-order valence-corrected chi connectivity index (χ3v) is 7.16. The van der Waals surface area contributed by atoms with Crippen molar-refractivity contribution in [1.82, 2.24) is 5.32 Å². The van der Waals surface area contributed by atoms with Crippen molar-refractivity contribution in [3.05, 3.63) is 51.9 Å². The minimum atomic E-state index is -3.69. The Bertz CT molecular complexity index is 1060. The van der Waals surface area contributed by atoms with Crippen LogP contribution in [0, 0.1) is 0 Å². The number of alkyl carbamates (subject to hydrolysis) is 1. The summed E-state index contributed by atoms with van der Waals surface area (Å²) in [6.45, 7) is 1.73. The first kappa shape index (κ1) is 22.0. The zero-order chi connectivity index (χ0) is 21.7. The quantitative estimate of drug-likeness (QED) is 0.669. The molecule has 0 bridgehead atoms. The van der Waals surface area contributed by atoms with Crippen LogP contribution in [0.3, 0.4) is 0 Å². The van der Waals surface area contributed by atoms with Crippen LogP contribution in [0.1, 0.15) is 39.7 Å². The van der Waals surface area contributed by atoms with Gasteiger partial charge in [0.05, 0.1) is 17.9 Å². The Kier molecular flexibility index (Phi) is 6.88. The molecule has 3 rings (SSSR count). The number of amides is 3. The van der Waals surface area contributed by atoms with Gasteiger partial charge in [-0.15, -0.1) is 11.3 Å². The third-order valence-electron chi connectivity index (χ3n) is 4.47. The summed E-state index contributed by atoms with van der Waals surface area (Å²) in [7, 11) is -3.69. The van der Waals surface area contributed by atoms with E-state index >= 15 is 0 Å². The van der Waals surface area contributed by atoms with Crippen molar-refractivity contribution in [2.75, 3.05) is 17.7 Å². The van der Waals surface area contributed by atoms with E-state index in [2.05, 4.69) is 10.6 Å². The molecule has 160 valence electrons. The Morgan fingerprint density at radius 2 is 1.87 bits per heavy atom. The predicted molar refractivity (Wildman–Crippen MR) is 113 cm³/mol. The van der Waals surface area contributed by atoms with Crippen LogP contribution in [0.2, 0.25) is 0 Å². The second-order valence-corrected chi connectivity index (χ2v) is 9.97. The maximum atomic E-state index is 12.6. The van der Waals surface area contributed by atoms with Gasteiger partial charge in [-0.05, 0) is 37.3 Å². The Morgan fingerprint density at radius 3 is 2.57 bits per heavy atom. The maximum absolute atomic E-state index is 12.6. The first-order valence-corrected chi connectivity index (χ1v) is 12.1. The number of carbonyl (C=O) groups is 3. The van der Waals surface area contributed by atoms with Gasteiger partial charge in [-0.3, -0.25) is 14.9 Å². The highest BCUT2D eigenvalue weighted by Gasteiger charge is 2.29. The van der Waals surface area contributed by atoms with Crippen LogP contribution in [-0.4, -0.2) is 38.7 Å². The van der Waals surface area contributed by atoms with E-state index in [1.54, 1.807) is 37.3 Å². The van der Waals surface area contributed by atoms with Crippen molar-refractivity contribution >= 4 is 44.1 Å². The summed E-state index contributed by atoms with van der Waals surface area (Å²) in [5.74, 6) is -2.35. The summed E-state index contributed by atoms with van der Waals surface area (Å²) in [6, 6.07) is 8.59. The predicted octanol–water partition coefficient (Wildman–Crippen LogP) is 2.68. The standard InChI is InChI=1S/C20H22N2O6S2/c1-2-28-20(25)22-18(24)17-14-9-6-10-15(14)29-19(17)21-16(23)12-30(26,27)11-13-7-4-3-5-8-13/h3-5,7-8H,2,6,9-12H2,1H3,(H,21,23)(H,22,24,25). The van der Waals surface area contributed by atoms with Gasteiger partial charge in [0.15, 0.2) is 9.84 Å². The number of fused-ring (bicyclic) bond motifs is 1. The van der Waals surface area contributed by atoms with Gasteiger partial charge < -0.3 is 10.1 Å². The monoisotopic (exact) mass is 450 g/mol. The number of rotatable bonds is 7. The molecule has 30 heavy (non-hydrogen) atoms. The zero-order valence-electron chi connectivity index (χ0n) is 16.4. The van der Waals surface area contributed by atoms with E-state index in [4.69, 9.17) is 4.74 Å². The van der Waals surface area contributed by atoms with Crippen molar-refractivity contribution in [2.24, 2.45) is 0 Å². The Hall–Kier alpha value is -2.72. The summed E-state index contributed by atoms with van der Waals surface area (Å²) in [6.07, 6.45) is 1.42. The molecule has 1 aliphatic rings. The molecule has 1 aliphatic carbocycles. The maximum Gasteiger partial charge on any atom is 0.414 e. The average molecular weight is 451 g/mol. The molecular weight excluding hydrogens is 428 g/mol. The summed E-state index contributed by atoms with van der Waals surface area (Å²) < 4.78 is 29.5. The molecule has 1 heterocycles. The Labute approximate surface area is 178 Å². The highest BCUT2D eigenvalue weighted by Crippen LogP contribution is 2.39. The second-order valence-electron chi connectivity index (χ2n) is 6.80. The van der Waals surface area contributed by atoms with E-state index in [0.29, 0.717) is 12.0 Å². The first-order chi connectivity index (χ1) is 14.3.